The van der Waals surface area contributed by atoms with Gasteiger partial charge in [0.1, 0.15) is 6.61 Å². The van der Waals surface area contributed by atoms with Gasteiger partial charge < -0.3 is 9.47 Å². The van der Waals surface area contributed by atoms with Gasteiger partial charge in [0, 0.05) is 9.89 Å². The zero-order valence-corrected chi connectivity index (χ0v) is 13.6. The van der Waals surface area contributed by atoms with Crippen LogP contribution in [0.2, 0.25) is 0 Å². The summed E-state index contributed by atoms with van der Waals surface area (Å²) in [6, 6.07) is 7.95. The summed E-state index contributed by atoms with van der Waals surface area (Å²) < 4.78 is 11.4. The van der Waals surface area contributed by atoms with Crippen LogP contribution in [0.5, 0.6) is 0 Å². The van der Waals surface area contributed by atoms with E-state index in [0.717, 1.165) is 16.5 Å². The molecule has 5 heteroatoms. The van der Waals surface area contributed by atoms with E-state index in [1.165, 1.54) is 0 Å². The second kappa shape index (κ2) is 5.13. The van der Waals surface area contributed by atoms with E-state index < -0.39 is 17.5 Å². The van der Waals surface area contributed by atoms with Gasteiger partial charge in [-0.15, -0.1) is 0 Å². The molecule has 3 atom stereocenters. The Morgan fingerprint density at radius 3 is 2.57 bits per heavy atom. The van der Waals surface area contributed by atoms with E-state index in [1.54, 1.807) is 0 Å². The number of cyclic esters (lactones) is 1. The number of hydrogen-bond donors (Lipinski definition) is 0. The lowest BCUT2D eigenvalue weighted by molar-refractivity contribution is -0.164. The maximum Gasteiger partial charge on any atom is 0.348 e. The van der Waals surface area contributed by atoms with Crippen molar-refractivity contribution in [3.8, 4) is 0 Å². The predicted molar refractivity (Wildman–Crippen MR) is 79.6 cm³/mol. The number of benzene rings is 1. The summed E-state index contributed by atoms with van der Waals surface area (Å²) in [7, 11) is 0. The van der Waals surface area contributed by atoms with Crippen LogP contribution in [0, 0.1) is 11.3 Å². The molecule has 4 nitrogen and oxygen atoms in total. The highest BCUT2D eigenvalue weighted by Crippen LogP contribution is 2.49. The van der Waals surface area contributed by atoms with Crippen molar-refractivity contribution in [2.75, 3.05) is 6.61 Å². The molecule has 1 aromatic carbocycles. The molecular weight excluding hydrogens is 336 g/mol. The Balaban J connectivity index is 1.63. The van der Waals surface area contributed by atoms with Crippen LogP contribution < -0.4 is 0 Å². The summed E-state index contributed by atoms with van der Waals surface area (Å²) in [4.78, 5) is 23.9. The van der Waals surface area contributed by atoms with Gasteiger partial charge >= 0.3 is 11.9 Å². The van der Waals surface area contributed by atoms with E-state index in [0.29, 0.717) is 6.61 Å². The van der Waals surface area contributed by atoms with E-state index in [-0.39, 0.29) is 17.8 Å². The first-order valence-corrected chi connectivity index (χ1v) is 7.80. The molecule has 2 unspecified atom stereocenters. The second-order valence-corrected chi connectivity index (χ2v) is 7.33. The molecule has 2 aliphatic rings. The molecule has 112 valence electrons. The van der Waals surface area contributed by atoms with Crippen molar-refractivity contribution >= 4 is 27.9 Å². The molecule has 0 aromatic heterocycles. The molecule has 0 spiro atoms. The highest BCUT2D eigenvalue weighted by Gasteiger charge is 2.51. The summed E-state index contributed by atoms with van der Waals surface area (Å²) in [6.07, 6.45) is -0.000908. The third-order valence-corrected chi connectivity index (χ3v) is 4.66. The van der Waals surface area contributed by atoms with Crippen LogP contribution in [0.4, 0.5) is 0 Å². The Hall–Kier alpha value is -1.36. The van der Waals surface area contributed by atoms with E-state index in [9.17, 15) is 9.59 Å². The Kier molecular flexibility index (Phi) is 3.56. The van der Waals surface area contributed by atoms with Crippen molar-refractivity contribution in [2.45, 2.75) is 32.3 Å². The van der Waals surface area contributed by atoms with Gasteiger partial charge in [-0.2, -0.15) is 0 Å². The topological polar surface area (TPSA) is 52.6 Å². The lowest BCUT2D eigenvalue weighted by atomic mass is 9.90. The van der Waals surface area contributed by atoms with Crippen LogP contribution in [0.1, 0.15) is 31.7 Å². The average molecular weight is 353 g/mol. The molecule has 1 aromatic rings. The fourth-order valence-corrected chi connectivity index (χ4v) is 2.94. The van der Waals surface area contributed by atoms with Gasteiger partial charge in [0.05, 0.1) is 5.92 Å². The molecular formula is C16H17BrO4. The molecule has 0 N–H and O–H groups in total. The standard InChI is InChI=1S/C16H17BrO4/c1-16(2)8-20-15(19)13(16)21-14(18)12-7-11(12)9-3-5-10(17)6-4-9/h3-6,11-13H,7-8H2,1-2H3/t11?,12?,13-/m0/s1. The molecule has 21 heavy (non-hydrogen) atoms. The van der Waals surface area contributed by atoms with Gasteiger partial charge in [-0.3, -0.25) is 4.79 Å². The quantitative estimate of drug-likeness (QED) is 0.784. The Morgan fingerprint density at radius 2 is 2.00 bits per heavy atom. The fraction of sp³-hybridized carbons (Fsp3) is 0.500. The lowest BCUT2D eigenvalue weighted by Crippen LogP contribution is -2.35. The zero-order chi connectivity index (χ0) is 15.2. The minimum atomic E-state index is -0.781. The molecule has 1 aliphatic heterocycles. The van der Waals surface area contributed by atoms with Crippen LogP contribution in [0.25, 0.3) is 0 Å². The van der Waals surface area contributed by atoms with Crippen molar-refractivity contribution in [3.05, 3.63) is 34.3 Å². The summed E-state index contributed by atoms with van der Waals surface area (Å²) in [6.45, 7) is 4.04. The maximum absolute atomic E-state index is 12.2. The normalized spacial score (nSPS) is 29.9. The van der Waals surface area contributed by atoms with Gasteiger partial charge in [0.2, 0.25) is 6.10 Å². The van der Waals surface area contributed by atoms with Crippen LogP contribution in [-0.4, -0.2) is 24.6 Å². The van der Waals surface area contributed by atoms with Gasteiger partial charge in [0.25, 0.3) is 0 Å². The second-order valence-electron chi connectivity index (χ2n) is 6.41. The number of carbonyl (C=O) groups excluding carboxylic acids is 2. The SMILES string of the molecule is CC1(C)COC(=O)[C@@H]1OC(=O)C1CC1c1ccc(Br)cc1. The first-order chi connectivity index (χ1) is 9.88. The largest absolute Gasteiger partial charge is 0.462 e. The van der Waals surface area contributed by atoms with E-state index in [4.69, 9.17) is 9.47 Å². The third kappa shape index (κ3) is 2.84. The fourth-order valence-electron chi connectivity index (χ4n) is 2.67. The Morgan fingerprint density at radius 1 is 1.33 bits per heavy atom. The van der Waals surface area contributed by atoms with Crippen molar-refractivity contribution in [2.24, 2.45) is 11.3 Å². The van der Waals surface area contributed by atoms with Crippen LogP contribution in [0.3, 0.4) is 0 Å². The molecule has 2 fully saturated rings. The van der Waals surface area contributed by atoms with Crippen molar-refractivity contribution in [3.63, 3.8) is 0 Å². The van der Waals surface area contributed by atoms with Crippen LogP contribution in [-0.2, 0) is 19.1 Å². The number of carbonyl (C=O) groups is 2. The van der Waals surface area contributed by atoms with Gasteiger partial charge in [-0.1, -0.05) is 41.9 Å². The minimum absolute atomic E-state index is 0.143. The average Bonchev–Trinajstić information content (AvgIpc) is 3.18. The molecule has 1 saturated heterocycles. The monoisotopic (exact) mass is 352 g/mol. The predicted octanol–water partition coefficient (Wildman–Crippen LogP) is 3.05. The highest BCUT2D eigenvalue weighted by molar-refractivity contribution is 9.10. The number of esters is 2. The molecule has 1 heterocycles. The van der Waals surface area contributed by atoms with Crippen molar-refractivity contribution < 1.29 is 19.1 Å². The third-order valence-electron chi connectivity index (χ3n) is 4.14. The summed E-state index contributed by atoms with van der Waals surface area (Å²) >= 11 is 3.39. The van der Waals surface area contributed by atoms with Gasteiger partial charge in [0.15, 0.2) is 0 Å². The number of ether oxygens (including phenoxy) is 2. The van der Waals surface area contributed by atoms with Crippen molar-refractivity contribution in [1.29, 1.82) is 0 Å². The molecule has 1 aliphatic carbocycles. The van der Waals surface area contributed by atoms with Gasteiger partial charge in [-0.25, -0.2) is 4.79 Å². The van der Waals surface area contributed by atoms with Crippen LogP contribution in [0.15, 0.2) is 28.7 Å². The zero-order valence-electron chi connectivity index (χ0n) is 12.0. The van der Waals surface area contributed by atoms with Crippen LogP contribution >= 0.6 is 15.9 Å². The summed E-state index contributed by atoms with van der Waals surface area (Å²) in [5.74, 6) is -0.671. The Labute approximate surface area is 131 Å². The molecule has 0 radical (unpaired) electrons. The first-order valence-electron chi connectivity index (χ1n) is 7.01. The van der Waals surface area contributed by atoms with Crippen molar-refractivity contribution in [1.82, 2.24) is 0 Å². The summed E-state index contributed by atoms with van der Waals surface area (Å²) in [5.41, 5.74) is 0.683. The summed E-state index contributed by atoms with van der Waals surface area (Å²) in [5, 5.41) is 0. The molecule has 3 rings (SSSR count). The lowest BCUT2D eigenvalue weighted by Gasteiger charge is -2.21. The molecule has 0 amide bonds. The smallest absolute Gasteiger partial charge is 0.348 e. The number of hydrogen-bond acceptors (Lipinski definition) is 4. The highest BCUT2D eigenvalue weighted by atomic mass is 79.9. The van der Waals surface area contributed by atoms with E-state index in [1.807, 2.05) is 38.1 Å². The minimum Gasteiger partial charge on any atom is -0.462 e. The molecule has 1 saturated carbocycles. The van der Waals surface area contributed by atoms with E-state index in [2.05, 4.69) is 15.9 Å². The van der Waals surface area contributed by atoms with E-state index >= 15 is 0 Å². The first kappa shape index (κ1) is 14.6. The Bertz CT molecular complexity index is 578. The number of rotatable bonds is 3. The van der Waals surface area contributed by atoms with Gasteiger partial charge in [-0.05, 0) is 30.0 Å². The number of halogens is 1. The maximum atomic E-state index is 12.2. The molecule has 0 bridgehead atoms.